The van der Waals surface area contributed by atoms with Crippen LogP contribution < -0.4 is 16.4 Å². The average molecular weight is 590 g/mol. The minimum Gasteiger partial charge on any atom is -0.394 e. The highest BCUT2D eigenvalue weighted by Gasteiger charge is 2.38. The number of benzene rings is 1. The summed E-state index contributed by atoms with van der Waals surface area (Å²) in [5, 5.41) is 16.7. The van der Waals surface area contributed by atoms with Gasteiger partial charge in [0.25, 0.3) is 11.1 Å². The van der Waals surface area contributed by atoms with Crippen molar-refractivity contribution in [3.05, 3.63) is 80.6 Å². The van der Waals surface area contributed by atoms with Crippen LogP contribution in [0.15, 0.2) is 52.6 Å². The maximum absolute atomic E-state index is 14.9. The van der Waals surface area contributed by atoms with E-state index in [-0.39, 0.29) is 22.2 Å². The predicted octanol–water partition coefficient (Wildman–Crippen LogP) is 3.92. The molecule has 0 aliphatic heterocycles. The number of hydrogen-bond acceptors (Lipinski definition) is 7. The molecule has 9 nitrogen and oxygen atoms in total. The van der Waals surface area contributed by atoms with Crippen LogP contribution in [0.3, 0.4) is 0 Å². The molecule has 0 amide bonds. The topological polar surface area (TPSA) is 126 Å². The van der Waals surface area contributed by atoms with Gasteiger partial charge in [-0.25, -0.2) is 23.8 Å². The van der Waals surface area contributed by atoms with E-state index in [0.717, 1.165) is 22.9 Å². The predicted molar refractivity (Wildman–Crippen MR) is 128 cm³/mol. The molecule has 0 spiro atoms. The van der Waals surface area contributed by atoms with Crippen LogP contribution >= 0.6 is 0 Å². The lowest BCUT2D eigenvalue weighted by atomic mass is 10.1. The van der Waals surface area contributed by atoms with Gasteiger partial charge < -0.3 is 15.0 Å². The molecule has 0 aliphatic carbocycles. The lowest BCUT2D eigenvalue weighted by Crippen LogP contribution is -2.33. The first-order valence-corrected chi connectivity index (χ1v) is 11.6. The molecule has 2 atom stereocenters. The molecule has 0 bridgehead atoms. The molecule has 0 unspecified atom stereocenters. The number of hydrogen-bond donors (Lipinski definition) is 3. The quantitative estimate of drug-likeness (QED) is 0.266. The van der Waals surface area contributed by atoms with E-state index in [9.17, 15) is 49.8 Å². The molecule has 0 saturated carbocycles. The van der Waals surface area contributed by atoms with Crippen molar-refractivity contribution in [1.82, 2.24) is 24.7 Å². The Bertz CT molecular complexity index is 1670. The first-order chi connectivity index (χ1) is 19.2. The number of aliphatic hydroxyl groups is 1. The number of nitrogens with zero attached hydrogens (tertiary/aromatic N) is 4. The average Bonchev–Trinajstić information content (AvgIpc) is 2.89. The molecule has 17 heteroatoms. The highest BCUT2D eigenvalue weighted by molar-refractivity contribution is 5.86. The van der Waals surface area contributed by atoms with Gasteiger partial charge in [0, 0.05) is 25.0 Å². The lowest BCUT2D eigenvalue weighted by molar-refractivity contribution is -0.139. The van der Waals surface area contributed by atoms with Crippen molar-refractivity contribution in [3.63, 3.8) is 0 Å². The summed E-state index contributed by atoms with van der Waals surface area (Å²) in [7, 11) is 0. The Morgan fingerprint density at radius 2 is 1.71 bits per heavy atom. The number of H-pyrrole nitrogens is 1. The van der Waals surface area contributed by atoms with E-state index in [4.69, 9.17) is 0 Å². The Labute approximate surface area is 223 Å². The van der Waals surface area contributed by atoms with Gasteiger partial charge in [-0.1, -0.05) is 0 Å². The van der Waals surface area contributed by atoms with Crippen LogP contribution in [0, 0.1) is 5.82 Å². The molecular weight excluding hydrogens is 572 g/mol. The van der Waals surface area contributed by atoms with E-state index in [0.29, 0.717) is 18.6 Å². The summed E-state index contributed by atoms with van der Waals surface area (Å²) in [6.45, 7) is -1.46. The van der Waals surface area contributed by atoms with Gasteiger partial charge in [0.2, 0.25) is 0 Å². The van der Waals surface area contributed by atoms with Gasteiger partial charge in [0.05, 0.1) is 47.6 Å². The first kappa shape index (κ1) is 29.6. The third kappa shape index (κ3) is 6.50. The second-order valence-electron chi connectivity index (χ2n) is 8.83. The SMILES string of the molecule is O=c1[nH]ncc(N[C@@H](CO)C[C@@H](F)Cn2ccc3cc(-c4ncc(C(F)(F)F)cn4)c(F)cc3c2=O)c1C(F)(F)F. The highest BCUT2D eigenvalue weighted by atomic mass is 19.4. The van der Waals surface area contributed by atoms with Crippen LogP contribution in [0.2, 0.25) is 0 Å². The molecule has 3 aromatic heterocycles. The molecule has 4 rings (SSSR count). The number of aromatic amines is 1. The monoisotopic (exact) mass is 590 g/mol. The smallest absolute Gasteiger partial charge is 0.394 e. The van der Waals surface area contributed by atoms with Crippen LogP contribution in [0.4, 0.5) is 40.8 Å². The van der Waals surface area contributed by atoms with E-state index < -0.39 is 77.9 Å². The van der Waals surface area contributed by atoms with Gasteiger partial charge in [-0.2, -0.15) is 31.4 Å². The normalized spacial score (nSPS) is 13.8. The number of aliphatic hydroxyl groups excluding tert-OH is 1. The maximum Gasteiger partial charge on any atom is 0.423 e. The first-order valence-electron chi connectivity index (χ1n) is 11.6. The Morgan fingerprint density at radius 3 is 2.32 bits per heavy atom. The van der Waals surface area contributed by atoms with E-state index in [2.05, 4.69) is 20.4 Å². The van der Waals surface area contributed by atoms with Crippen molar-refractivity contribution in [2.45, 2.75) is 37.5 Å². The lowest BCUT2D eigenvalue weighted by Gasteiger charge is -2.22. The molecule has 0 saturated heterocycles. The maximum atomic E-state index is 14.9. The van der Waals surface area contributed by atoms with Gasteiger partial charge >= 0.3 is 12.4 Å². The highest BCUT2D eigenvalue weighted by Crippen LogP contribution is 2.32. The number of halogens is 8. The van der Waals surface area contributed by atoms with Crippen LogP contribution in [-0.2, 0) is 18.9 Å². The summed E-state index contributed by atoms with van der Waals surface area (Å²) in [5.74, 6) is -1.39. The largest absolute Gasteiger partial charge is 0.423 e. The third-order valence-corrected chi connectivity index (χ3v) is 5.94. The number of pyridine rings is 1. The van der Waals surface area contributed by atoms with Crippen LogP contribution in [0.1, 0.15) is 17.5 Å². The van der Waals surface area contributed by atoms with Crippen molar-refractivity contribution in [2.75, 3.05) is 11.9 Å². The van der Waals surface area contributed by atoms with Gasteiger partial charge in [0.15, 0.2) is 5.82 Å². The molecule has 3 heterocycles. The zero-order valence-electron chi connectivity index (χ0n) is 20.4. The molecule has 0 aliphatic rings. The zero-order valence-corrected chi connectivity index (χ0v) is 20.4. The van der Waals surface area contributed by atoms with E-state index in [1.807, 2.05) is 0 Å². The van der Waals surface area contributed by atoms with Crippen LogP contribution in [-0.4, -0.2) is 48.7 Å². The molecule has 218 valence electrons. The van der Waals surface area contributed by atoms with Crippen molar-refractivity contribution in [3.8, 4) is 11.4 Å². The minimum absolute atomic E-state index is 0.151. The number of rotatable bonds is 8. The number of fused-ring (bicyclic) bond motifs is 1. The summed E-state index contributed by atoms with van der Waals surface area (Å²) in [5.41, 5.74) is -6.20. The standard InChI is InChI=1S/C24H18F8N6O3/c25-13(4-14(10-39)36-18-8-35-37-21(40)19(18)24(30,31)32)9-38-2-1-11-3-16(17(26)5-15(11)22(38)41)20-33-6-12(7-34-20)23(27,28)29/h1-3,5-8,13-14,39H,4,9-10H2,(H2,36,37,40)/t13-,14-/m1/s1. The number of alkyl halides is 7. The van der Waals surface area contributed by atoms with E-state index in [1.54, 1.807) is 5.10 Å². The van der Waals surface area contributed by atoms with Crippen LogP contribution in [0.25, 0.3) is 22.2 Å². The fraction of sp³-hybridized carbons (Fsp3) is 0.292. The zero-order chi connectivity index (χ0) is 30.1. The van der Waals surface area contributed by atoms with Gasteiger partial charge in [0.1, 0.15) is 17.6 Å². The van der Waals surface area contributed by atoms with Crippen LogP contribution in [0.5, 0.6) is 0 Å². The summed E-state index contributed by atoms with van der Waals surface area (Å²) >= 11 is 0. The molecule has 3 N–H and O–H groups in total. The molecule has 0 fully saturated rings. The Morgan fingerprint density at radius 1 is 1.02 bits per heavy atom. The third-order valence-electron chi connectivity index (χ3n) is 5.94. The minimum atomic E-state index is -5.07. The van der Waals surface area contributed by atoms with Crippen molar-refractivity contribution in [2.24, 2.45) is 0 Å². The molecular formula is C24H18F8N6O3. The molecule has 1 aromatic carbocycles. The number of anilines is 1. The summed E-state index contributed by atoms with van der Waals surface area (Å²) in [6.07, 6.45) is -9.47. The Kier molecular flexibility index (Phi) is 8.10. The van der Waals surface area contributed by atoms with Crippen molar-refractivity contribution >= 4 is 16.5 Å². The number of aromatic nitrogens is 5. The van der Waals surface area contributed by atoms with Gasteiger partial charge in [-0.15, -0.1) is 0 Å². The summed E-state index contributed by atoms with van der Waals surface area (Å²) in [4.78, 5) is 31.6. The van der Waals surface area contributed by atoms with E-state index >= 15 is 0 Å². The second kappa shape index (κ2) is 11.2. The Hall–Kier alpha value is -4.41. The molecule has 0 radical (unpaired) electrons. The Balaban J connectivity index is 1.54. The number of nitrogens with one attached hydrogen (secondary N) is 2. The summed E-state index contributed by atoms with van der Waals surface area (Å²) in [6, 6.07) is 1.95. The van der Waals surface area contributed by atoms with Gasteiger partial charge in [-0.3, -0.25) is 9.59 Å². The molecule has 4 aromatic rings. The fourth-order valence-electron chi connectivity index (χ4n) is 4.02. The van der Waals surface area contributed by atoms with E-state index in [1.165, 1.54) is 6.07 Å². The second-order valence-corrected chi connectivity index (χ2v) is 8.83. The van der Waals surface area contributed by atoms with Gasteiger partial charge in [-0.05, 0) is 23.6 Å². The van der Waals surface area contributed by atoms with Crippen molar-refractivity contribution in [1.29, 1.82) is 0 Å². The fourth-order valence-corrected chi connectivity index (χ4v) is 4.02. The summed E-state index contributed by atoms with van der Waals surface area (Å²) < 4.78 is 109. The molecule has 41 heavy (non-hydrogen) atoms. The van der Waals surface area contributed by atoms with Crippen molar-refractivity contribution < 1.29 is 40.2 Å².